The van der Waals surface area contributed by atoms with Gasteiger partial charge in [-0.05, 0) is 26.0 Å². The third-order valence-corrected chi connectivity index (χ3v) is 3.00. The van der Waals surface area contributed by atoms with E-state index in [1.54, 1.807) is 5.38 Å². The predicted molar refractivity (Wildman–Crippen MR) is 57.9 cm³/mol. The van der Waals surface area contributed by atoms with Gasteiger partial charge < -0.3 is 5.11 Å². The van der Waals surface area contributed by atoms with E-state index in [0.717, 1.165) is 11.4 Å². The van der Waals surface area contributed by atoms with Crippen molar-refractivity contribution in [2.24, 2.45) is 0 Å². The van der Waals surface area contributed by atoms with Crippen molar-refractivity contribution in [1.29, 1.82) is 0 Å². The number of hydrogen-bond donors (Lipinski definition) is 1. The number of rotatable bonds is 2. The number of aromatic nitrogens is 2. The smallest absolute Gasteiger partial charge is 0.355 e. The molecule has 0 aliphatic rings. The molecule has 0 saturated carbocycles. The lowest BCUT2D eigenvalue weighted by Gasteiger charge is -2.03. The lowest BCUT2D eigenvalue weighted by atomic mass is 10.5. The molecule has 15 heavy (non-hydrogen) atoms. The molecular weight excluding hydrogens is 212 g/mol. The Morgan fingerprint density at radius 3 is 2.47 bits per heavy atom. The number of nitrogens with zero attached hydrogens (tertiary/aromatic N) is 2. The second-order valence-electron chi connectivity index (χ2n) is 3.27. The van der Waals surface area contributed by atoms with E-state index in [-0.39, 0.29) is 5.69 Å². The maximum atomic E-state index is 10.7. The van der Waals surface area contributed by atoms with Crippen LogP contribution in [-0.4, -0.2) is 20.6 Å². The Hall–Kier alpha value is -1.62. The van der Waals surface area contributed by atoms with Crippen LogP contribution in [0.2, 0.25) is 0 Å². The van der Waals surface area contributed by atoms with Crippen LogP contribution in [0.5, 0.6) is 0 Å². The van der Waals surface area contributed by atoms with Gasteiger partial charge in [0.2, 0.25) is 0 Å². The molecule has 0 saturated heterocycles. The molecule has 0 atom stereocenters. The van der Waals surface area contributed by atoms with E-state index in [2.05, 4.69) is 4.98 Å². The van der Waals surface area contributed by atoms with Crippen molar-refractivity contribution in [3.05, 3.63) is 34.6 Å². The normalized spacial score (nSPS) is 10.5. The van der Waals surface area contributed by atoms with Crippen LogP contribution in [0.4, 0.5) is 0 Å². The minimum absolute atomic E-state index is 0.0995. The van der Waals surface area contributed by atoms with Crippen LogP contribution in [-0.2, 0) is 0 Å². The van der Waals surface area contributed by atoms with Gasteiger partial charge in [-0.15, -0.1) is 11.3 Å². The van der Waals surface area contributed by atoms with Gasteiger partial charge >= 0.3 is 5.97 Å². The van der Waals surface area contributed by atoms with Crippen molar-refractivity contribution in [2.45, 2.75) is 13.8 Å². The molecule has 5 heteroatoms. The van der Waals surface area contributed by atoms with E-state index in [0.29, 0.717) is 5.13 Å². The van der Waals surface area contributed by atoms with Crippen molar-refractivity contribution in [2.75, 3.05) is 0 Å². The Morgan fingerprint density at radius 1 is 1.40 bits per heavy atom. The van der Waals surface area contributed by atoms with Gasteiger partial charge in [0, 0.05) is 16.8 Å². The highest BCUT2D eigenvalue weighted by Crippen LogP contribution is 2.20. The van der Waals surface area contributed by atoms with Crippen molar-refractivity contribution in [3.8, 4) is 5.13 Å². The third kappa shape index (κ3) is 1.66. The second kappa shape index (κ2) is 3.51. The number of thiazole rings is 1. The zero-order valence-electron chi connectivity index (χ0n) is 8.39. The molecule has 0 bridgehead atoms. The maximum absolute atomic E-state index is 10.7. The summed E-state index contributed by atoms with van der Waals surface area (Å²) in [5.41, 5.74) is 2.21. The summed E-state index contributed by atoms with van der Waals surface area (Å²) in [5.74, 6) is -0.986. The summed E-state index contributed by atoms with van der Waals surface area (Å²) in [6, 6.07) is 3.97. The molecule has 0 aliphatic carbocycles. The standard InChI is InChI=1S/C10H10N2O2S/c1-6-3-4-7(2)12(6)10-11-8(5-15-10)9(13)14/h3-5H,1-2H3,(H,13,14). The molecule has 2 rings (SSSR count). The first-order valence-corrected chi connectivity index (χ1v) is 5.31. The zero-order chi connectivity index (χ0) is 11.0. The molecule has 4 nitrogen and oxygen atoms in total. The SMILES string of the molecule is Cc1ccc(C)n1-c1nc(C(=O)O)cs1. The summed E-state index contributed by atoms with van der Waals surface area (Å²) in [4.78, 5) is 14.7. The molecular formula is C10H10N2O2S. The number of carboxylic acids is 1. The second-order valence-corrected chi connectivity index (χ2v) is 4.11. The average molecular weight is 222 g/mol. The van der Waals surface area contributed by atoms with Crippen molar-refractivity contribution < 1.29 is 9.90 Å². The predicted octanol–water partition coefficient (Wildman–Crippen LogP) is 2.25. The van der Waals surface area contributed by atoms with Gasteiger partial charge in [-0.1, -0.05) is 0 Å². The van der Waals surface area contributed by atoms with Crippen LogP contribution in [0, 0.1) is 13.8 Å². The van der Waals surface area contributed by atoms with Crippen LogP contribution in [0.1, 0.15) is 21.9 Å². The Bertz CT molecular complexity index is 494. The molecule has 0 radical (unpaired) electrons. The summed E-state index contributed by atoms with van der Waals surface area (Å²) in [7, 11) is 0. The lowest BCUT2D eigenvalue weighted by Crippen LogP contribution is -2.01. The summed E-state index contributed by atoms with van der Waals surface area (Å²) < 4.78 is 1.94. The van der Waals surface area contributed by atoms with E-state index < -0.39 is 5.97 Å². The van der Waals surface area contributed by atoms with Gasteiger partial charge in [-0.3, -0.25) is 4.57 Å². The van der Waals surface area contributed by atoms with Crippen molar-refractivity contribution >= 4 is 17.3 Å². The largest absolute Gasteiger partial charge is 0.476 e. The Labute approximate surface area is 90.8 Å². The highest BCUT2D eigenvalue weighted by atomic mass is 32.1. The minimum atomic E-state index is -0.986. The number of hydrogen-bond acceptors (Lipinski definition) is 3. The van der Waals surface area contributed by atoms with Crippen LogP contribution < -0.4 is 0 Å². The van der Waals surface area contributed by atoms with E-state index in [4.69, 9.17) is 5.11 Å². The van der Waals surface area contributed by atoms with Crippen LogP contribution in [0.3, 0.4) is 0 Å². The highest BCUT2D eigenvalue weighted by molar-refractivity contribution is 7.12. The molecule has 0 amide bonds. The fourth-order valence-corrected chi connectivity index (χ4v) is 2.35. The zero-order valence-corrected chi connectivity index (χ0v) is 9.21. The van der Waals surface area contributed by atoms with E-state index in [1.807, 2.05) is 30.5 Å². The molecule has 2 aromatic heterocycles. The van der Waals surface area contributed by atoms with Gasteiger partial charge in [0.15, 0.2) is 10.8 Å². The lowest BCUT2D eigenvalue weighted by molar-refractivity contribution is 0.0691. The number of carbonyl (C=O) groups is 1. The average Bonchev–Trinajstić information content (AvgIpc) is 2.73. The highest BCUT2D eigenvalue weighted by Gasteiger charge is 2.12. The molecule has 2 aromatic rings. The first-order chi connectivity index (χ1) is 7.09. The van der Waals surface area contributed by atoms with E-state index >= 15 is 0 Å². The number of aryl methyl sites for hydroxylation is 2. The van der Waals surface area contributed by atoms with Crippen LogP contribution >= 0.6 is 11.3 Å². The Morgan fingerprint density at radius 2 is 2.00 bits per heavy atom. The summed E-state index contributed by atoms with van der Waals surface area (Å²) in [6.45, 7) is 3.93. The van der Waals surface area contributed by atoms with E-state index in [1.165, 1.54) is 11.3 Å². The van der Waals surface area contributed by atoms with Crippen molar-refractivity contribution in [1.82, 2.24) is 9.55 Å². The summed E-state index contributed by atoms with van der Waals surface area (Å²) in [5, 5.41) is 11.0. The Balaban J connectivity index is 2.50. The topological polar surface area (TPSA) is 55.1 Å². The van der Waals surface area contributed by atoms with Gasteiger partial charge in [0.25, 0.3) is 0 Å². The monoisotopic (exact) mass is 222 g/mol. The number of aromatic carboxylic acids is 1. The molecule has 1 N–H and O–H groups in total. The maximum Gasteiger partial charge on any atom is 0.355 e. The molecule has 0 aliphatic heterocycles. The van der Waals surface area contributed by atoms with Gasteiger partial charge in [0.05, 0.1) is 0 Å². The van der Waals surface area contributed by atoms with Gasteiger partial charge in [0.1, 0.15) is 0 Å². The summed E-state index contributed by atoms with van der Waals surface area (Å²) in [6.07, 6.45) is 0. The fourth-order valence-electron chi connectivity index (χ4n) is 1.44. The first kappa shape index (κ1) is 9.92. The quantitative estimate of drug-likeness (QED) is 0.847. The fraction of sp³-hybridized carbons (Fsp3) is 0.200. The number of carboxylic acid groups (broad SMARTS) is 1. The van der Waals surface area contributed by atoms with Gasteiger partial charge in [-0.2, -0.15) is 0 Å². The van der Waals surface area contributed by atoms with Crippen molar-refractivity contribution in [3.63, 3.8) is 0 Å². The third-order valence-electron chi connectivity index (χ3n) is 2.17. The molecule has 2 heterocycles. The molecule has 0 spiro atoms. The molecule has 0 fully saturated rings. The summed E-state index contributed by atoms with van der Waals surface area (Å²) >= 11 is 1.33. The van der Waals surface area contributed by atoms with E-state index in [9.17, 15) is 4.79 Å². The molecule has 0 aromatic carbocycles. The van der Waals surface area contributed by atoms with Crippen LogP contribution in [0.25, 0.3) is 5.13 Å². The van der Waals surface area contributed by atoms with Gasteiger partial charge in [-0.25, -0.2) is 9.78 Å². The first-order valence-electron chi connectivity index (χ1n) is 4.43. The molecule has 78 valence electrons. The Kier molecular flexibility index (Phi) is 2.32. The molecule has 0 unspecified atom stereocenters. The minimum Gasteiger partial charge on any atom is -0.476 e. The van der Waals surface area contributed by atoms with Crippen LogP contribution in [0.15, 0.2) is 17.5 Å².